The van der Waals surface area contributed by atoms with E-state index in [2.05, 4.69) is 22.8 Å². The lowest BCUT2D eigenvalue weighted by molar-refractivity contribution is 0.321. The molecule has 2 nitrogen and oxygen atoms in total. The normalized spacial score (nSPS) is 39.2. The third-order valence-electron chi connectivity index (χ3n) is 2.42. The quantitative estimate of drug-likeness (QED) is 0.465. The van der Waals surface area contributed by atoms with Crippen LogP contribution in [-0.4, -0.2) is 25.7 Å². The molecule has 0 spiro atoms. The lowest BCUT2D eigenvalue weighted by Crippen LogP contribution is -2.50. The summed E-state index contributed by atoms with van der Waals surface area (Å²) in [5.41, 5.74) is 0. The Morgan fingerprint density at radius 1 is 1.40 bits per heavy atom. The number of fused-ring (bicyclic) bond motifs is 1. The van der Waals surface area contributed by atoms with Gasteiger partial charge in [0.25, 0.3) is 0 Å². The molecule has 2 atom stereocenters. The summed E-state index contributed by atoms with van der Waals surface area (Å²) in [5, 5.41) is 6.86. The van der Waals surface area contributed by atoms with Crippen molar-refractivity contribution in [1.29, 1.82) is 0 Å². The molecular formula is C8H14N2. The van der Waals surface area contributed by atoms with Crippen LogP contribution in [-0.2, 0) is 0 Å². The molecule has 2 unspecified atom stereocenters. The third-order valence-corrected chi connectivity index (χ3v) is 2.42. The van der Waals surface area contributed by atoms with Gasteiger partial charge >= 0.3 is 0 Å². The summed E-state index contributed by atoms with van der Waals surface area (Å²) in [6.45, 7) is 3.39. The van der Waals surface area contributed by atoms with Gasteiger partial charge in [0.05, 0.1) is 0 Å². The minimum Gasteiger partial charge on any atom is -0.315 e. The van der Waals surface area contributed by atoms with Gasteiger partial charge < -0.3 is 10.6 Å². The first-order valence-corrected chi connectivity index (χ1v) is 4.07. The molecule has 0 saturated carbocycles. The fourth-order valence-electron chi connectivity index (χ4n) is 1.79. The maximum absolute atomic E-state index is 3.47. The Labute approximate surface area is 61.7 Å². The Bertz CT molecular complexity index is 142. The monoisotopic (exact) mass is 138 g/mol. The second kappa shape index (κ2) is 2.72. The lowest BCUT2D eigenvalue weighted by Gasteiger charge is -2.33. The molecule has 0 radical (unpaired) electrons. The van der Waals surface area contributed by atoms with Crippen LogP contribution in [0, 0.1) is 5.92 Å². The van der Waals surface area contributed by atoms with E-state index in [1.165, 1.54) is 13.0 Å². The fraction of sp³-hybridized carbons (Fsp3) is 0.750. The minimum atomic E-state index is 0.707. The number of nitrogens with one attached hydrogen (secondary N) is 2. The molecule has 2 rings (SSSR count). The Hall–Kier alpha value is -0.340. The van der Waals surface area contributed by atoms with E-state index < -0.39 is 0 Å². The molecule has 2 heterocycles. The summed E-state index contributed by atoms with van der Waals surface area (Å²) >= 11 is 0. The van der Waals surface area contributed by atoms with Gasteiger partial charge in [-0.2, -0.15) is 0 Å². The molecule has 2 N–H and O–H groups in total. The highest BCUT2D eigenvalue weighted by Gasteiger charge is 2.23. The topological polar surface area (TPSA) is 24.1 Å². The van der Waals surface area contributed by atoms with Gasteiger partial charge in [0.15, 0.2) is 0 Å². The van der Waals surface area contributed by atoms with E-state index in [-0.39, 0.29) is 0 Å². The smallest absolute Gasteiger partial charge is 0.0258 e. The number of piperidine rings is 1. The molecule has 0 aliphatic carbocycles. The summed E-state index contributed by atoms with van der Waals surface area (Å²) in [7, 11) is 0. The molecule has 56 valence electrons. The predicted molar refractivity (Wildman–Crippen MR) is 41.9 cm³/mol. The van der Waals surface area contributed by atoms with E-state index >= 15 is 0 Å². The molecular weight excluding hydrogens is 124 g/mol. The van der Waals surface area contributed by atoms with Crippen LogP contribution < -0.4 is 10.6 Å². The van der Waals surface area contributed by atoms with Crippen molar-refractivity contribution in [2.24, 2.45) is 5.92 Å². The van der Waals surface area contributed by atoms with Gasteiger partial charge in [-0.05, 0) is 18.9 Å². The molecule has 0 aromatic rings. The highest BCUT2D eigenvalue weighted by atomic mass is 15.0. The molecule has 0 bridgehead atoms. The van der Waals surface area contributed by atoms with E-state index in [0.29, 0.717) is 6.04 Å². The highest BCUT2D eigenvalue weighted by molar-refractivity contribution is 5.03. The van der Waals surface area contributed by atoms with Crippen molar-refractivity contribution < 1.29 is 0 Å². The first-order chi connectivity index (χ1) is 4.97. The molecule has 0 aromatic heterocycles. The van der Waals surface area contributed by atoms with E-state index in [1.807, 2.05) is 0 Å². The lowest BCUT2D eigenvalue weighted by atomic mass is 9.90. The van der Waals surface area contributed by atoms with Crippen LogP contribution in [0.2, 0.25) is 0 Å². The summed E-state index contributed by atoms with van der Waals surface area (Å²) in [4.78, 5) is 0. The van der Waals surface area contributed by atoms with Crippen LogP contribution >= 0.6 is 0 Å². The third kappa shape index (κ3) is 1.09. The molecule has 2 aliphatic heterocycles. The average molecular weight is 138 g/mol. The van der Waals surface area contributed by atoms with Crippen molar-refractivity contribution in [3.05, 3.63) is 12.2 Å². The Morgan fingerprint density at radius 3 is 3.30 bits per heavy atom. The molecule has 1 fully saturated rings. The molecule has 2 aliphatic rings. The van der Waals surface area contributed by atoms with Gasteiger partial charge in [-0.1, -0.05) is 12.2 Å². The second-order valence-corrected chi connectivity index (χ2v) is 3.10. The minimum absolute atomic E-state index is 0.707. The first kappa shape index (κ1) is 6.38. The standard InChI is InChI=1S/C8H14N2/c1-2-7-3-5-9-6-8(7)10-4-1/h1-2,7-10H,3-6H2. The Balaban J connectivity index is 2.03. The molecule has 2 heteroatoms. The van der Waals surface area contributed by atoms with Gasteiger partial charge in [-0.25, -0.2) is 0 Å². The maximum atomic E-state index is 3.47. The zero-order valence-electron chi connectivity index (χ0n) is 6.14. The predicted octanol–water partition coefficient (Wildman–Crippen LogP) is 0.124. The van der Waals surface area contributed by atoms with Crippen LogP contribution in [0.1, 0.15) is 6.42 Å². The number of rotatable bonds is 0. The summed E-state index contributed by atoms with van der Waals surface area (Å²) in [6, 6.07) is 0.707. The van der Waals surface area contributed by atoms with Crippen LogP contribution in [0.25, 0.3) is 0 Å². The van der Waals surface area contributed by atoms with Crippen molar-refractivity contribution in [3.63, 3.8) is 0 Å². The van der Waals surface area contributed by atoms with Crippen molar-refractivity contribution in [2.45, 2.75) is 12.5 Å². The molecule has 1 saturated heterocycles. The van der Waals surface area contributed by atoms with Crippen molar-refractivity contribution >= 4 is 0 Å². The first-order valence-electron chi connectivity index (χ1n) is 4.07. The van der Waals surface area contributed by atoms with E-state index in [9.17, 15) is 0 Å². The zero-order chi connectivity index (χ0) is 6.81. The fourth-order valence-corrected chi connectivity index (χ4v) is 1.79. The van der Waals surface area contributed by atoms with Gasteiger partial charge in [0.1, 0.15) is 0 Å². The van der Waals surface area contributed by atoms with Crippen molar-refractivity contribution in [1.82, 2.24) is 10.6 Å². The maximum Gasteiger partial charge on any atom is 0.0258 e. The summed E-state index contributed by atoms with van der Waals surface area (Å²) < 4.78 is 0. The van der Waals surface area contributed by atoms with Crippen molar-refractivity contribution in [2.75, 3.05) is 19.6 Å². The Morgan fingerprint density at radius 2 is 2.40 bits per heavy atom. The SMILES string of the molecule is C1=CC2CCNCC2NC1. The van der Waals surface area contributed by atoms with Gasteiger partial charge in [-0.3, -0.25) is 0 Å². The van der Waals surface area contributed by atoms with Gasteiger partial charge in [0, 0.05) is 19.1 Å². The van der Waals surface area contributed by atoms with Crippen LogP contribution in [0.15, 0.2) is 12.2 Å². The Kier molecular flexibility index (Phi) is 1.74. The van der Waals surface area contributed by atoms with Gasteiger partial charge in [-0.15, -0.1) is 0 Å². The number of hydrogen-bond acceptors (Lipinski definition) is 2. The molecule has 0 aromatic carbocycles. The van der Waals surface area contributed by atoms with Crippen LogP contribution in [0.4, 0.5) is 0 Å². The van der Waals surface area contributed by atoms with Gasteiger partial charge in [0.2, 0.25) is 0 Å². The summed E-state index contributed by atoms with van der Waals surface area (Å²) in [5.74, 6) is 0.801. The van der Waals surface area contributed by atoms with Crippen LogP contribution in [0.5, 0.6) is 0 Å². The highest BCUT2D eigenvalue weighted by Crippen LogP contribution is 2.16. The summed E-state index contributed by atoms with van der Waals surface area (Å²) in [6.07, 6.45) is 5.91. The van der Waals surface area contributed by atoms with E-state index in [4.69, 9.17) is 0 Å². The molecule has 0 amide bonds. The van der Waals surface area contributed by atoms with E-state index in [1.54, 1.807) is 0 Å². The zero-order valence-corrected chi connectivity index (χ0v) is 6.14. The molecule has 10 heavy (non-hydrogen) atoms. The van der Waals surface area contributed by atoms with E-state index in [0.717, 1.165) is 19.0 Å². The second-order valence-electron chi connectivity index (χ2n) is 3.10. The average Bonchev–Trinajstić information content (AvgIpc) is 2.05. The number of hydrogen-bond donors (Lipinski definition) is 2. The largest absolute Gasteiger partial charge is 0.315 e. The van der Waals surface area contributed by atoms with Crippen LogP contribution in [0.3, 0.4) is 0 Å². The van der Waals surface area contributed by atoms with Crippen molar-refractivity contribution in [3.8, 4) is 0 Å².